The molecule has 0 radical (unpaired) electrons. The second-order valence-corrected chi connectivity index (χ2v) is 5.48. The lowest BCUT2D eigenvalue weighted by molar-refractivity contribution is 0.0697. The Bertz CT molecular complexity index is 854. The van der Waals surface area contributed by atoms with Crippen LogP contribution in [0.5, 0.6) is 5.75 Å². The fourth-order valence-corrected chi connectivity index (χ4v) is 2.62. The van der Waals surface area contributed by atoms with Crippen LogP contribution in [-0.4, -0.2) is 15.6 Å². The molecule has 0 unspecified atom stereocenters. The van der Waals surface area contributed by atoms with Crippen molar-refractivity contribution in [2.45, 2.75) is 6.61 Å². The van der Waals surface area contributed by atoms with Crippen LogP contribution in [0, 0.1) is 0 Å². The largest absolute Gasteiger partial charge is 0.489 e. The van der Waals surface area contributed by atoms with Crippen molar-refractivity contribution >= 4 is 28.5 Å². The lowest BCUT2D eigenvalue weighted by Crippen LogP contribution is -1.97. The summed E-state index contributed by atoms with van der Waals surface area (Å²) in [5, 5.41) is 10.6. The highest BCUT2D eigenvalue weighted by molar-refractivity contribution is 6.30. The van der Waals surface area contributed by atoms with Crippen LogP contribution in [0.4, 0.5) is 0 Å². The number of halogens is 1. The summed E-state index contributed by atoms with van der Waals surface area (Å²) in [7, 11) is 1.92. The molecule has 2 aromatic carbocycles. The number of carboxylic acid groups (broad SMARTS) is 1. The van der Waals surface area contributed by atoms with Gasteiger partial charge in [-0.3, -0.25) is 0 Å². The minimum absolute atomic E-state index is 0.266. The van der Waals surface area contributed by atoms with Gasteiger partial charge in [-0.15, -0.1) is 0 Å². The number of aromatic carboxylic acids is 1. The second kappa shape index (κ2) is 5.73. The maximum Gasteiger partial charge on any atom is 0.335 e. The van der Waals surface area contributed by atoms with Gasteiger partial charge >= 0.3 is 5.97 Å². The van der Waals surface area contributed by atoms with Crippen molar-refractivity contribution in [3.63, 3.8) is 0 Å². The number of ether oxygens (including phenoxy) is 1. The van der Waals surface area contributed by atoms with Crippen molar-refractivity contribution in [3.05, 3.63) is 64.8 Å². The van der Waals surface area contributed by atoms with Gasteiger partial charge in [0.15, 0.2) is 0 Å². The number of hydrogen-bond donors (Lipinski definition) is 1. The Labute approximate surface area is 132 Å². The number of fused-ring (bicyclic) bond motifs is 1. The zero-order valence-electron chi connectivity index (χ0n) is 11.9. The van der Waals surface area contributed by atoms with Crippen LogP contribution >= 0.6 is 11.6 Å². The molecule has 0 fully saturated rings. The van der Waals surface area contributed by atoms with Gasteiger partial charge in [0.25, 0.3) is 0 Å². The summed E-state index contributed by atoms with van der Waals surface area (Å²) in [6.07, 6.45) is 1.95. The van der Waals surface area contributed by atoms with Gasteiger partial charge in [0.05, 0.1) is 5.56 Å². The molecule has 0 spiro atoms. The first kappa shape index (κ1) is 14.5. The average Bonchev–Trinajstić information content (AvgIpc) is 2.81. The Morgan fingerprint density at radius 2 is 2.09 bits per heavy atom. The standard InChI is InChI=1S/C17H14ClNO3/c1-19-9-12(10-22-14-4-2-3-13(18)8-14)15-7-11(17(20)21)5-6-16(15)19/h2-9H,10H2,1H3,(H,20,21). The molecule has 0 amide bonds. The molecule has 112 valence electrons. The smallest absolute Gasteiger partial charge is 0.335 e. The number of carboxylic acids is 1. The summed E-state index contributed by atoms with van der Waals surface area (Å²) in [4.78, 5) is 11.1. The van der Waals surface area contributed by atoms with Crippen molar-refractivity contribution in [2.75, 3.05) is 0 Å². The highest BCUT2D eigenvalue weighted by atomic mass is 35.5. The zero-order valence-corrected chi connectivity index (χ0v) is 12.7. The molecule has 0 aliphatic rings. The number of aryl methyl sites for hydroxylation is 1. The lowest BCUT2D eigenvalue weighted by atomic mass is 10.1. The van der Waals surface area contributed by atoms with Gasteiger partial charge in [0, 0.05) is 34.7 Å². The van der Waals surface area contributed by atoms with E-state index in [1.807, 2.05) is 36.0 Å². The molecular formula is C17H14ClNO3. The Balaban J connectivity index is 1.93. The molecule has 0 atom stereocenters. The summed E-state index contributed by atoms with van der Waals surface area (Å²) in [6, 6.07) is 12.3. The minimum atomic E-state index is -0.938. The zero-order chi connectivity index (χ0) is 15.7. The molecule has 0 saturated carbocycles. The lowest BCUT2D eigenvalue weighted by Gasteiger charge is -2.06. The molecule has 0 saturated heterocycles. The quantitative estimate of drug-likeness (QED) is 0.788. The molecule has 0 aliphatic heterocycles. The number of nitrogens with zero attached hydrogens (tertiary/aromatic N) is 1. The molecular weight excluding hydrogens is 302 g/mol. The van der Waals surface area contributed by atoms with E-state index in [0.29, 0.717) is 17.4 Å². The monoisotopic (exact) mass is 315 g/mol. The highest BCUT2D eigenvalue weighted by Gasteiger charge is 2.11. The third-order valence-electron chi connectivity index (χ3n) is 3.51. The summed E-state index contributed by atoms with van der Waals surface area (Å²) < 4.78 is 7.71. The van der Waals surface area contributed by atoms with E-state index in [2.05, 4.69) is 0 Å². The van der Waals surface area contributed by atoms with Crippen LogP contribution < -0.4 is 4.74 Å². The first-order chi connectivity index (χ1) is 10.5. The van der Waals surface area contributed by atoms with Crippen LogP contribution in [-0.2, 0) is 13.7 Å². The number of rotatable bonds is 4. The summed E-state index contributed by atoms with van der Waals surface area (Å²) in [5.41, 5.74) is 2.16. The van der Waals surface area contributed by atoms with Crippen molar-refractivity contribution < 1.29 is 14.6 Å². The summed E-state index contributed by atoms with van der Waals surface area (Å²) in [6.45, 7) is 0.348. The van der Waals surface area contributed by atoms with E-state index < -0.39 is 5.97 Å². The number of aromatic nitrogens is 1. The first-order valence-electron chi connectivity index (χ1n) is 6.74. The van der Waals surface area contributed by atoms with Crippen LogP contribution in [0.2, 0.25) is 5.02 Å². The van der Waals surface area contributed by atoms with E-state index in [1.165, 1.54) is 0 Å². The van der Waals surface area contributed by atoms with Crippen LogP contribution in [0.25, 0.3) is 10.9 Å². The van der Waals surface area contributed by atoms with Gasteiger partial charge in [-0.1, -0.05) is 17.7 Å². The van der Waals surface area contributed by atoms with Gasteiger partial charge < -0.3 is 14.4 Å². The summed E-state index contributed by atoms with van der Waals surface area (Å²) in [5.74, 6) is -0.258. The van der Waals surface area contributed by atoms with Gasteiger partial charge in [-0.05, 0) is 36.4 Å². The van der Waals surface area contributed by atoms with E-state index in [4.69, 9.17) is 21.4 Å². The average molecular weight is 316 g/mol. The van der Waals surface area contributed by atoms with Crippen LogP contribution in [0.1, 0.15) is 15.9 Å². The Hall–Kier alpha value is -2.46. The van der Waals surface area contributed by atoms with Gasteiger partial charge in [0.1, 0.15) is 12.4 Å². The van der Waals surface area contributed by atoms with Gasteiger partial charge in [0.2, 0.25) is 0 Å². The maximum absolute atomic E-state index is 11.1. The third-order valence-corrected chi connectivity index (χ3v) is 3.74. The van der Waals surface area contributed by atoms with E-state index in [9.17, 15) is 4.79 Å². The van der Waals surface area contributed by atoms with Gasteiger partial charge in [-0.25, -0.2) is 4.79 Å². The molecule has 1 aromatic heterocycles. The van der Waals surface area contributed by atoms with Crippen molar-refractivity contribution in [3.8, 4) is 5.75 Å². The van der Waals surface area contributed by atoms with Crippen molar-refractivity contribution in [1.82, 2.24) is 4.57 Å². The molecule has 1 heterocycles. The predicted octanol–water partition coefficient (Wildman–Crippen LogP) is 4.11. The highest BCUT2D eigenvalue weighted by Crippen LogP contribution is 2.24. The maximum atomic E-state index is 11.1. The van der Waals surface area contributed by atoms with Gasteiger partial charge in [-0.2, -0.15) is 0 Å². The Kier molecular flexibility index (Phi) is 3.77. The van der Waals surface area contributed by atoms with E-state index in [0.717, 1.165) is 16.5 Å². The first-order valence-corrected chi connectivity index (χ1v) is 7.12. The fourth-order valence-electron chi connectivity index (χ4n) is 2.44. The number of hydrogen-bond acceptors (Lipinski definition) is 2. The molecule has 0 aliphatic carbocycles. The fraction of sp³-hybridized carbons (Fsp3) is 0.118. The van der Waals surface area contributed by atoms with Crippen molar-refractivity contribution in [1.29, 1.82) is 0 Å². The molecule has 5 heteroatoms. The molecule has 3 aromatic rings. The molecule has 1 N–H and O–H groups in total. The molecule has 4 nitrogen and oxygen atoms in total. The number of carbonyl (C=O) groups is 1. The van der Waals surface area contributed by atoms with Crippen molar-refractivity contribution in [2.24, 2.45) is 7.05 Å². The number of benzene rings is 2. The summed E-state index contributed by atoms with van der Waals surface area (Å²) >= 11 is 5.93. The minimum Gasteiger partial charge on any atom is -0.489 e. The topological polar surface area (TPSA) is 51.5 Å². The molecule has 3 rings (SSSR count). The van der Waals surface area contributed by atoms with Crippen LogP contribution in [0.15, 0.2) is 48.7 Å². The van der Waals surface area contributed by atoms with E-state index in [-0.39, 0.29) is 5.56 Å². The SMILES string of the molecule is Cn1cc(COc2cccc(Cl)c2)c2cc(C(=O)O)ccc21. The van der Waals surface area contributed by atoms with E-state index in [1.54, 1.807) is 24.3 Å². The molecule has 0 bridgehead atoms. The predicted molar refractivity (Wildman–Crippen MR) is 85.7 cm³/mol. The normalized spacial score (nSPS) is 10.8. The Morgan fingerprint density at radius 1 is 1.27 bits per heavy atom. The Morgan fingerprint density at radius 3 is 2.82 bits per heavy atom. The van der Waals surface area contributed by atoms with E-state index >= 15 is 0 Å². The van der Waals surface area contributed by atoms with Crippen LogP contribution in [0.3, 0.4) is 0 Å². The second-order valence-electron chi connectivity index (χ2n) is 5.05. The third kappa shape index (κ3) is 2.78. The molecule has 22 heavy (non-hydrogen) atoms.